The summed E-state index contributed by atoms with van der Waals surface area (Å²) in [6.45, 7) is 6.66. The summed E-state index contributed by atoms with van der Waals surface area (Å²) in [5.41, 5.74) is 1.63. The van der Waals surface area contributed by atoms with Crippen LogP contribution in [0.5, 0.6) is 0 Å². The highest BCUT2D eigenvalue weighted by atomic mass is 19.2. The van der Waals surface area contributed by atoms with Gasteiger partial charge in [-0.3, -0.25) is 4.90 Å². The molecule has 0 saturated heterocycles. The van der Waals surface area contributed by atoms with Gasteiger partial charge < -0.3 is 4.98 Å². The third kappa shape index (κ3) is 2.84. The van der Waals surface area contributed by atoms with Crippen molar-refractivity contribution >= 4 is 10.9 Å². The van der Waals surface area contributed by atoms with Crippen molar-refractivity contribution in [1.82, 2.24) is 9.88 Å². The highest BCUT2D eigenvalue weighted by Crippen LogP contribution is 2.22. The quantitative estimate of drug-likeness (QED) is 0.819. The molecule has 1 aromatic heterocycles. The fourth-order valence-corrected chi connectivity index (χ4v) is 2.06. The van der Waals surface area contributed by atoms with Gasteiger partial charge in [-0.1, -0.05) is 6.08 Å². The summed E-state index contributed by atoms with van der Waals surface area (Å²) < 4.78 is 26.4. The van der Waals surface area contributed by atoms with Gasteiger partial charge in [-0.2, -0.15) is 0 Å². The number of rotatable bonds is 5. The number of halogens is 2. The average molecular weight is 264 g/mol. The summed E-state index contributed by atoms with van der Waals surface area (Å²) in [6, 6.07) is 2.75. The Morgan fingerprint density at radius 3 is 2.74 bits per heavy atom. The molecule has 0 fully saturated rings. The number of nitrogens with zero attached hydrogens (tertiary/aromatic N) is 1. The van der Waals surface area contributed by atoms with E-state index in [1.54, 1.807) is 0 Å². The molecule has 0 aliphatic carbocycles. The Bertz CT molecular complexity index is 589. The third-order valence-electron chi connectivity index (χ3n) is 3.58. The summed E-state index contributed by atoms with van der Waals surface area (Å²) >= 11 is 0. The maximum Gasteiger partial charge on any atom is 0.160 e. The molecular weight excluding hydrogens is 246 g/mol. The minimum Gasteiger partial charge on any atom is -0.361 e. The van der Waals surface area contributed by atoms with Crippen LogP contribution in [0.25, 0.3) is 10.9 Å². The van der Waals surface area contributed by atoms with Crippen molar-refractivity contribution in [2.24, 2.45) is 0 Å². The molecule has 102 valence electrons. The maximum absolute atomic E-state index is 13.3. The lowest BCUT2D eigenvalue weighted by Gasteiger charge is -2.21. The van der Waals surface area contributed by atoms with Gasteiger partial charge in [0.05, 0.1) is 0 Å². The van der Waals surface area contributed by atoms with Gasteiger partial charge in [0.1, 0.15) is 0 Å². The Hall–Kier alpha value is -1.68. The smallest absolute Gasteiger partial charge is 0.160 e. The Kier molecular flexibility index (Phi) is 4.00. The summed E-state index contributed by atoms with van der Waals surface area (Å²) in [5.74, 6) is -1.63. The lowest BCUT2D eigenvalue weighted by atomic mass is 10.1. The van der Waals surface area contributed by atoms with Crippen LogP contribution in [0.2, 0.25) is 0 Å². The normalized spacial score (nSPS) is 13.1. The number of benzene rings is 1. The van der Waals surface area contributed by atoms with E-state index in [-0.39, 0.29) is 0 Å². The molecule has 0 bridgehead atoms. The molecule has 2 nitrogen and oxygen atoms in total. The molecule has 1 N–H and O–H groups in total. The zero-order valence-electron chi connectivity index (χ0n) is 11.2. The van der Waals surface area contributed by atoms with Crippen LogP contribution in [0.15, 0.2) is 31.0 Å². The zero-order chi connectivity index (χ0) is 14.0. The number of fused-ring (bicyclic) bond motifs is 1. The Balaban J connectivity index is 2.17. The van der Waals surface area contributed by atoms with E-state index in [0.29, 0.717) is 11.6 Å². The second-order valence-electron chi connectivity index (χ2n) is 4.83. The first-order valence-corrected chi connectivity index (χ1v) is 6.30. The minimum absolute atomic E-state index is 0.291. The van der Waals surface area contributed by atoms with Crippen molar-refractivity contribution in [3.8, 4) is 0 Å². The molecular formula is C15H18F2N2. The molecule has 4 heteroatoms. The van der Waals surface area contributed by atoms with Crippen LogP contribution in [0.4, 0.5) is 8.78 Å². The minimum atomic E-state index is -0.821. The first-order valence-electron chi connectivity index (χ1n) is 6.30. The molecule has 0 spiro atoms. The number of H-pyrrole nitrogens is 1. The predicted molar refractivity (Wildman–Crippen MR) is 74.2 cm³/mol. The Morgan fingerprint density at radius 2 is 2.05 bits per heavy atom. The molecule has 0 saturated carbocycles. The lowest BCUT2D eigenvalue weighted by molar-refractivity contribution is 0.301. The van der Waals surface area contributed by atoms with Gasteiger partial charge in [0.2, 0.25) is 0 Å². The van der Waals surface area contributed by atoms with Crippen molar-refractivity contribution in [3.63, 3.8) is 0 Å². The number of aromatic nitrogens is 1. The van der Waals surface area contributed by atoms with E-state index in [1.165, 1.54) is 12.1 Å². The average Bonchev–Trinajstić information content (AvgIpc) is 2.78. The highest BCUT2D eigenvalue weighted by Gasteiger charge is 2.11. The number of hydrogen-bond acceptors (Lipinski definition) is 1. The van der Waals surface area contributed by atoms with Crippen LogP contribution in [0, 0.1) is 11.6 Å². The molecule has 0 aliphatic rings. The van der Waals surface area contributed by atoms with E-state index in [9.17, 15) is 8.78 Å². The van der Waals surface area contributed by atoms with Crippen molar-refractivity contribution < 1.29 is 8.78 Å². The van der Waals surface area contributed by atoms with E-state index in [1.807, 2.05) is 19.3 Å². The van der Waals surface area contributed by atoms with Gasteiger partial charge >= 0.3 is 0 Å². The Morgan fingerprint density at radius 1 is 1.37 bits per heavy atom. The van der Waals surface area contributed by atoms with Gasteiger partial charge in [0.25, 0.3) is 0 Å². The molecule has 1 aromatic carbocycles. The Labute approximate surface area is 111 Å². The summed E-state index contributed by atoms with van der Waals surface area (Å²) in [5, 5.41) is 0.749. The van der Waals surface area contributed by atoms with Crippen LogP contribution < -0.4 is 0 Å². The second kappa shape index (κ2) is 5.53. The molecule has 19 heavy (non-hydrogen) atoms. The summed E-state index contributed by atoms with van der Waals surface area (Å²) in [4.78, 5) is 5.14. The van der Waals surface area contributed by atoms with Crippen LogP contribution in [0.1, 0.15) is 12.5 Å². The van der Waals surface area contributed by atoms with Gasteiger partial charge in [0.15, 0.2) is 11.6 Å². The van der Waals surface area contributed by atoms with Gasteiger partial charge in [-0.25, -0.2) is 8.78 Å². The summed E-state index contributed by atoms with van der Waals surface area (Å²) in [6.07, 6.45) is 4.47. The number of nitrogens with one attached hydrogen (secondary N) is 1. The SMILES string of the molecule is C=CC(C)N(C)CCc1c[nH]c2cc(F)c(F)cc12. The van der Waals surface area contributed by atoms with Crippen LogP contribution in [0.3, 0.4) is 0 Å². The van der Waals surface area contributed by atoms with Gasteiger partial charge in [-0.15, -0.1) is 6.58 Å². The molecule has 2 rings (SSSR count). The largest absolute Gasteiger partial charge is 0.361 e. The molecule has 1 atom stereocenters. The van der Waals surface area contributed by atoms with E-state index < -0.39 is 11.6 Å². The molecule has 0 aliphatic heterocycles. The van der Waals surface area contributed by atoms with Crippen LogP contribution in [-0.4, -0.2) is 29.5 Å². The van der Waals surface area contributed by atoms with Crippen molar-refractivity contribution in [2.45, 2.75) is 19.4 Å². The van der Waals surface area contributed by atoms with Gasteiger partial charge in [-0.05, 0) is 32.0 Å². The summed E-state index contributed by atoms with van der Waals surface area (Å²) in [7, 11) is 2.02. The van der Waals surface area contributed by atoms with Crippen molar-refractivity contribution in [1.29, 1.82) is 0 Å². The van der Waals surface area contributed by atoms with Gasteiger partial charge in [0, 0.05) is 35.8 Å². The topological polar surface area (TPSA) is 19.0 Å². The number of hydrogen-bond donors (Lipinski definition) is 1. The number of aromatic amines is 1. The van der Waals surface area contributed by atoms with E-state index in [4.69, 9.17) is 0 Å². The third-order valence-corrected chi connectivity index (χ3v) is 3.58. The van der Waals surface area contributed by atoms with Crippen LogP contribution in [-0.2, 0) is 6.42 Å². The molecule has 0 radical (unpaired) electrons. The molecule has 1 unspecified atom stereocenters. The van der Waals surface area contributed by atoms with Crippen molar-refractivity contribution in [2.75, 3.05) is 13.6 Å². The van der Waals surface area contributed by atoms with E-state index in [0.717, 1.165) is 23.9 Å². The lowest BCUT2D eigenvalue weighted by Crippen LogP contribution is -2.29. The second-order valence-corrected chi connectivity index (χ2v) is 4.83. The number of likely N-dealkylation sites (N-methyl/N-ethyl adjacent to an activating group) is 1. The van der Waals surface area contributed by atoms with E-state index >= 15 is 0 Å². The monoisotopic (exact) mass is 264 g/mol. The van der Waals surface area contributed by atoms with Crippen molar-refractivity contribution in [3.05, 3.63) is 48.2 Å². The van der Waals surface area contributed by atoms with Crippen LogP contribution >= 0.6 is 0 Å². The highest BCUT2D eigenvalue weighted by molar-refractivity contribution is 5.83. The first-order chi connectivity index (χ1) is 9.02. The predicted octanol–water partition coefficient (Wildman–Crippen LogP) is 3.49. The molecule has 0 amide bonds. The molecule has 2 aromatic rings. The maximum atomic E-state index is 13.3. The molecule has 1 heterocycles. The standard InChI is InChI=1S/C15H18F2N2/c1-4-10(2)19(3)6-5-11-9-18-15-8-14(17)13(16)7-12(11)15/h4,7-10,18H,1,5-6H2,2-3H3. The fourth-order valence-electron chi connectivity index (χ4n) is 2.06. The zero-order valence-corrected chi connectivity index (χ0v) is 11.2. The fraction of sp³-hybridized carbons (Fsp3) is 0.333. The van der Waals surface area contributed by atoms with E-state index in [2.05, 4.69) is 23.4 Å². The first kappa shape index (κ1) is 13.7.